The van der Waals surface area contributed by atoms with Crippen molar-refractivity contribution in [3.05, 3.63) is 35.4 Å². The zero-order chi connectivity index (χ0) is 17.9. The molecule has 25 heavy (non-hydrogen) atoms. The van der Waals surface area contributed by atoms with Crippen LogP contribution in [-0.4, -0.2) is 55.5 Å². The van der Waals surface area contributed by atoms with Crippen LogP contribution in [0.15, 0.2) is 24.3 Å². The van der Waals surface area contributed by atoms with Gasteiger partial charge in [-0.25, -0.2) is 12.7 Å². The highest BCUT2D eigenvalue weighted by molar-refractivity contribution is 8.16. The van der Waals surface area contributed by atoms with E-state index in [4.69, 9.17) is 0 Å². The summed E-state index contributed by atoms with van der Waals surface area (Å²) in [6.45, 7) is 0.942. The second kappa shape index (κ2) is 8.33. The van der Waals surface area contributed by atoms with Crippen LogP contribution < -0.4 is 5.32 Å². The van der Waals surface area contributed by atoms with E-state index in [1.807, 2.05) is 35.7 Å². The number of amides is 1. The molecule has 2 saturated heterocycles. The fourth-order valence-corrected chi connectivity index (χ4v) is 6.84. The molecule has 1 aromatic carbocycles. The molecule has 1 amide bonds. The van der Waals surface area contributed by atoms with E-state index in [1.54, 1.807) is 0 Å². The first-order valence-electron chi connectivity index (χ1n) is 8.52. The second-order valence-corrected chi connectivity index (χ2v) is 11.2. The highest BCUT2D eigenvalue weighted by atomic mass is 32.2. The molecule has 5 nitrogen and oxygen atoms in total. The van der Waals surface area contributed by atoms with Crippen molar-refractivity contribution in [1.29, 1.82) is 0 Å². The standard InChI is InChI=1S/C17H24N2O3S3/c1-25(21,22)19-9-7-15(8-10-19)18-16(20)13-3-5-14(6-4-13)17-23-11-2-12-24-17/h3-6,15,17H,2,7-12H2,1H3,(H,18,20). The first-order chi connectivity index (χ1) is 11.9. The predicted octanol–water partition coefficient (Wildman–Crippen LogP) is 2.71. The van der Waals surface area contributed by atoms with Crippen LogP contribution in [0.1, 0.15) is 39.8 Å². The van der Waals surface area contributed by atoms with E-state index >= 15 is 0 Å². The lowest BCUT2D eigenvalue weighted by molar-refractivity contribution is 0.0924. The smallest absolute Gasteiger partial charge is 0.251 e. The molecule has 0 aliphatic carbocycles. The zero-order valence-corrected chi connectivity index (χ0v) is 16.8. The van der Waals surface area contributed by atoms with Crippen molar-refractivity contribution >= 4 is 39.5 Å². The third-order valence-electron chi connectivity index (χ3n) is 4.53. The normalized spacial score (nSPS) is 21.2. The molecule has 0 saturated carbocycles. The van der Waals surface area contributed by atoms with Crippen molar-refractivity contribution in [2.75, 3.05) is 30.9 Å². The van der Waals surface area contributed by atoms with Crippen LogP contribution in [0.5, 0.6) is 0 Å². The quantitative estimate of drug-likeness (QED) is 0.842. The van der Waals surface area contributed by atoms with E-state index in [9.17, 15) is 13.2 Å². The lowest BCUT2D eigenvalue weighted by Gasteiger charge is -2.30. The molecule has 0 atom stereocenters. The van der Waals surface area contributed by atoms with E-state index in [-0.39, 0.29) is 11.9 Å². The number of carbonyl (C=O) groups is 1. The van der Waals surface area contributed by atoms with Gasteiger partial charge in [0.25, 0.3) is 5.91 Å². The number of hydrogen-bond acceptors (Lipinski definition) is 5. The van der Waals surface area contributed by atoms with Gasteiger partial charge in [0.2, 0.25) is 10.0 Å². The van der Waals surface area contributed by atoms with Crippen LogP contribution in [0.3, 0.4) is 0 Å². The maximum atomic E-state index is 12.4. The zero-order valence-electron chi connectivity index (χ0n) is 14.3. The average molecular weight is 401 g/mol. The summed E-state index contributed by atoms with van der Waals surface area (Å²) < 4.78 is 25.0. The van der Waals surface area contributed by atoms with Crippen LogP contribution in [0.4, 0.5) is 0 Å². The van der Waals surface area contributed by atoms with Crippen molar-refractivity contribution in [2.24, 2.45) is 0 Å². The van der Waals surface area contributed by atoms with Gasteiger partial charge in [0.15, 0.2) is 0 Å². The summed E-state index contributed by atoms with van der Waals surface area (Å²) in [6.07, 6.45) is 3.82. The molecule has 0 spiro atoms. The Morgan fingerprint density at radius 1 is 1.12 bits per heavy atom. The Morgan fingerprint density at radius 3 is 2.28 bits per heavy atom. The van der Waals surface area contributed by atoms with Crippen molar-refractivity contribution < 1.29 is 13.2 Å². The summed E-state index contributed by atoms with van der Waals surface area (Å²) in [4.78, 5) is 12.4. The van der Waals surface area contributed by atoms with Crippen LogP contribution in [-0.2, 0) is 10.0 Å². The molecule has 0 bridgehead atoms. The number of piperidine rings is 1. The van der Waals surface area contributed by atoms with Gasteiger partial charge in [-0.15, -0.1) is 23.5 Å². The summed E-state index contributed by atoms with van der Waals surface area (Å²) in [7, 11) is -3.13. The lowest BCUT2D eigenvalue weighted by Crippen LogP contribution is -2.46. The van der Waals surface area contributed by atoms with Crippen LogP contribution in [0.25, 0.3) is 0 Å². The van der Waals surface area contributed by atoms with Crippen molar-refractivity contribution in [2.45, 2.75) is 29.9 Å². The van der Waals surface area contributed by atoms with E-state index in [1.165, 1.54) is 34.1 Å². The third kappa shape index (κ3) is 5.15. The van der Waals surface area contributed by atoms with Gasteiger partial charge in [-0.3, -0.25) is 4.79 Å². The molecule has 2 aliphatic heterocycles. The number of thioether (sulfide) groups is 2. The summed E-state index contributed by atoms with van der Waals surface area (Å²) in [5, 5.41) is 3.04. The molecule has 3 rings (SSSR count). The van der Waals surface area contributed by atoms with E-state index in [0.717, 1.165) is 0 Å². The topological polar surface area (TPSA) is 66.5 Å². The molecular formula is C17H24N2O3S3. The van der Waals surface area contributed by atoms with Crippen LogP contribution in [0, 0.1) is 0 Å². The Balaban J connectivity index is 1.53. The number of benzene rings is 1. The van der Waals surface area contributed by atoms with Gasteiger partial charge < -0.3 is 5.32 Å². The fourth-order valence-electron chi connectivity index (χ4n) is 3.07. The SMILES string of the molecule is CS(=O)(=O)N1CCC(NC(=O)c2ccc(C3SCCCS3)cc2)CC1. The minimum absolute atomic E-state index is 0.0367. The average Bonchev–Trinajstić information content (AvgIpc) is 2.62. The second-order valence-electron chi connectivity index (χ2n) is 6.46. The molecule has 1 N–H and O–H groups in total. The van der Waals surface area contributed by atoms with Crippen LogP contribution in [0.2, 0.25) is 0 Å². The Kier molecular flexibility index (Phi) is 6.35. The first-order valence-corrected chi connectivity index (χ1v) is 12.5. The van der Waals surface area contributed by atoms with Gasteiger partial charge in [0.1, 0.15) is 0 Å². The minimum Gasteiger partial charge on any atom is -0.349 e. The van der Waals surface area contributed by atoms with E-state index in [2.05, 4.69) is 17.4 Å². The molecule has 0 unspecified atom stereocenters. The Hall–Kier alpha value is -0.700. The third-order valence-corrected chi connectivity index (χ3v) is 8.85. The van der Waals surface area contributed by atoms with E-state index < -0.39 is 10.0 Å². The van der Waals surface area contributed by atoms with Gasteiger partial charge in [-0.05, 0) is 48.5 Å². The fraction of sp³-hybridized carbons (Fsp3) is 0.588. The van der Waals surface area contributed by atoms with Crippen molar-refractivity contribution in [3.63, 3.8) is 0 Å². The van der Waals surface area contributed by atoms with Gasteiger partial charge in [0, 0.05) is 24.7 Å². The van der Waals surface area contributed by atoms with Crippen molar-refractivity contribution in [1.82, 2.24) is 9.62 Å². The highest BCUT2D eigenvalue weighted by Crippen LogP contribution is 2.43. The largest absolute Gasteiger partial charge is 0.349 e. The summed E-state index contributed by atoms with van der Waals surface area (Å²) in [6, 6.07) is 7.93. The highest BCUT2D eigenvalue weighted by Gasteiger charge is 2.26. The molecule has 2 fully saturated rings. The summed E-state index contributed by atoms with van der Waals surface area (Å²) >= 11 is 3.94. The number of nitrogens with one attached hydrogen (secondary N) is 1. The number of hydrogen-bond donors (Lipinski definition) is 1. The molecule has 2 heterocycles. The molecule has 0 aromatic heterocycles. The summed E-state index contributed by atoms with van der Waals surface area (Å²) in [5.74, 6) is 2.33. The molecule has 1 aromatic rings. The monoisotopic (exact) mass is 400 g/mol. The lowest BCUT2D eigenvalue weighted by atomic mass is 10.1. The first kappa shape index (κ1) is 19.1. The molecule has 2 aliphatic rings. The maximum Gasteiger partial charge on any atom is 0.251 e. The minimum atomic E-state index is -3.13. The van der Waals surface area contributed by atoms with Gasteiger partial charge in [-0.2, -0.15) is 0 Å². The Bertz CT molecular complexity index is 692. The molecule has 138 valence electrons. The molecular weight excluding hydrogens is 376 g/mol. The molecule has 8 heteroatoms. The summed E-state index contributed by atoms with van der Waals surface area (Å²) in [5.41, 5.74) is 1.94. The number of nitrogens with zero attached hydrogens (tertiary/aromatic N) is 1. The maximum absolute atomic E-state index is 12.4. The predicted molar refractivity (Wildman–Crippen MR) is 106 cm³/mol. The van der Waals surface area contributed by atoms with Crippen LogP contribution >= 0.6 is 23.5 Å². The molecule has 0 radical (unpaired) electrons. The van der Waals surface area contributed by atoms with Gasteiger partial charge in [-0.1, -0.05) is 12.1 Å². The Labute approximate surface area is 158 Å². The van der Waals surface area contributed by atoms with E-state index in [0.29, 0.717) is 36.1 Å². The van der Waals surface area contributed by atoms with Crippen molar-refractivity contribution in [3.8, 4) is 0 Å². The number of sulfonamides is 1. The van der Waals surface area contributed by atoms with Gasteiger partial charge >= 0.3 is 0 Å². The van der Waals surface area contributed by atoms with Gasteiger partial charge in [0.05, 0.1) is 10.8 Å². The number of rotatable bonds is 4. The number of carbonyl (C=O) groups excluding carboxylic acids is 1. The Morgan fingerprint density at radius 2 is 1.72 bits per heavy atom.